The highest BCUT2D eigenvalue weighted by molar-refractivity contribution is 7.98. The van der Waals surface area contributed by atoms with Gasteiger partial charge in [-0.05, 0) is 75.5 Å². The predicted molar refractivity (Wildman–Crippen MR) is 265 cm³/mol. The van der Waals surface area contributed by atoms with Gasteiger partial charge in [-0.1, -0.05) is 72.1 Å². The van der Waals surface area contributed by atoms with E-state index in [1.54, 1.807) is 41.5 Å². The lowest BCUT2D eigenvalue weighted by Crippen LogP contribution is -2.31. The van der Waals surface area contributed by atoms with Crippen molar-refractivity contribution in [2.45, 2.75) is 35.4 Å². The van der Waals surface area contributed by atoms with Gasteiger partial charge in [-0.3, -0.25) is 18.7 Å². The largest absolute Gasteiger partial charge is 0.478 e. The van der Waals surface area contributed by atoms with Crippen molar-refractivity contribution in [3.8, 4) is 11.4 Å². The summed E-state index contributed by atoms with van der Waals surface area (Å²) in [5.41, 5.74) is 7.24. The molecule has 0 radical (unpaired) electrons. The maximum absolute atomic E-state index is 14.0. The van der Waals surface area contributed by atoms with E-state index in [9.17, 15) is 19.5 Å². The third kappa shape index (κ3) is 9.03. The SMILES string of the molecule is Cc1cccc2nc(CSc3ncnc4nc[nH]c34)n(-c3ccccc3C(=O)O)c(=O)c12.Cc1cccc2nc(CSc3ncnc4nc[nH]c34)n(-c3ccccc3N(C)CCN(C)C)c(=O)c12. The molecule has 10 aromatic rings. The Balaban J connectivity index is 0.000000171. The number of aromatic nitrogens is 12. The fraction of sp³-hybridized carbons (Fsp3) is 0.188. The maximum Gasteiger partial charge on any atom is 0.337 e. The Bertz CT molecular complexity index is 3630. The van der Waals surface area contributed by atoms with E-state index in [4.69, 9.17) is 9.97 Å². The van der Waals surface area contributed by atoms with Crippen LogP contribution in [0, 0.1) is 13.8 Å². The van der Waals surface area contributed by atoms with Gasteiger partial charge in [0, 0.05) is 20.1 Å². The molecule has 0 atom stereocenters. The summed E-state index contributed by atoms with van der Waals surface area (Å²) in [5.74, 6) is 0.671. The van der Waals surface area contributed by atoms with Gasteiger partial charge in [-0.2, -0.15) is 0 Å². The summed E-state index contributed by atoms with van der Waals surface area (Å²) >= 11 is 2.86. The minimum Gasteiger partial charge on any atom is -0.478 e. The molecule has 0 aliphatic carbocycles. The quantitative estimate of drug-likeness (QED) is 0.0782. The predicted octanol–water partition coefficient (Wildman–Crippen LogP) is 7.00. The number of aromatic amines is 2. The Morgan fingerprint density at radius 2 is 1.12 bits per heavy atom. The van der Waals surface area contributed by atoms with Crippen molar-refractivity contribution in [1.82, 2.24) is 63.9 Å². The summed E-state index contributed by atoms with van der Waals surface area (Å²) in [6.45, 7) is 5.51. The summed E-state index contributed by atoms with van der Waals surface area (Å²) in [6, 6.07) is 25.7. The zero-order chi connectivity index (χ0) is 47.5. The molecule has 6 aromatic heterocycles. The zero-order valence-corrected chi connectivity index (χ0v) is 39.2. The number of para-hydroxylation sites is 3. The van der Waals surface area contributed by atoms with Crippen LogP contribution in [0.15, 0.2) is 130 Å². The molecule has 4 aromatic carbocycles. The molecule has 342 valence electrons. The number of fused-ring (bicyclic) bond motifs is 4. The van der Waals surface area contributed by atoms with Gasteiger partial charge in [0.15, 0.2) is 11.3 Å². The van der Waals surface area contributed by atoms with Crippen LogP contribution >= 0.6 is 23.5 Å². The normalized spacial score (nSPS) is 11.4. The summed E-state index contributed by atoms with van der Waals surface area (Å²) in [6.07, 6.45) is 6.08. The van der Waals surface area contributed by atoms with Crippen LogP contribution < -0.4 is 16.0 Å². The van der Waals surface area contributed by atoms with Gasteiger partial charge in [0.25, 0.3) is 11.1 Å². The molecule has 0 amide bonds. The number of H-pyrrole nitrogens is 2. The molecule has 6 heterocycles. The van der Waals surface area contributed by atoms with E-state index < -0.39 is 5.97 Å². The molecule has 0 bridgehead atoms. The number of aryl methyl sites for hydroxylation is 2. The summed E-state index contributed by atoms with van der Waals surface area (Å²) in [4.78, 5) is 85.1. The molecule has 0 spiro atoms. The number of thioether (sulfide) groups is 2. The highest BCUT2D eigenvalue weighted by Crippen LogP contribution is 2.31. The van der Waals surface area contributed by atoms with E-state index >= 15 is 0 Å². The molecule has 0 saturated carbocycles. The minimum atomic E-state index is -1.12. The van der Waals surface area contributed by atoms with Gasteiger partial charge in [-0.25, -0.2) is 44.7 Å². The van der Waals surface area contributed by atoms with Gasteiger partial charge in [-0.15, -0.1) is 0 Å². The number of anilines is 1. The van der Waals surface area contributed by atoms with E-state index in [0.717, 1.165) is 46.1 Å². The molecule has 18 nitrogen and oxygen atoms in total. The molecular weight excluding hydrogens is 901 g/mol. The van der Waals surface area contributed by atoms with Crippen LogP contribution in [0.2, 0.25) is 0 Å². The summed E-state index contributed by atoms with van der Waals surface area (Å²) in [7, 11) is 6.16. The van der Waals surface area contributed by atoms with Crippen molar-refractivity contribution in [2.75, 3.05) is 39.1 Å². The van der Waals surface area contributed by atoms with Crippen LogP contribution in [0.1, 0.15) is 33.1 Å². The molecule has 0 unspecified atom stereocenters. The average Bonchev–Trinajstić information content (AvgIpc) is 4.03. The summed E-state index contributed by atoms with van der Waals surface area (Å²) < 4.78 is 3.15. The Morgan fingerprint density at radius 3 is 1.65 bits per heavy atom. The van der Waals surface area contributed by atoms with E-state index in [0.29, 0.717) is 61.0 Å². The Morgan fingerprint density at radius 1 is 0.618 bits per heavy atom. The van der Waals surface area contributed by atoms with Crippen molar-refractivity contribution in [1.29, 1.82) is 0 Å². The first-order valence-electron chi connectivity index (χ1n) is 21.3. The van der Waals surface area contributed by atoms with Crippen LogP contribution in [0.3, 0.4) is 0 Å². The number of carbonyl (C=O) groups is 1. The van der Waals surface area contributed by atoms with Crippen LogP contribution in [-0.4, -0.2) is 109 Å². The lowest BCUT2D eigenvalue weighted by Gasteiger charge is -2.25. The fourth-order valence-corrected chi connectivity index (χ4v) is 9.59. The maximum atomic E-state index is 14.0. The number of hydrogen-bond donors (Lipinski definition) is 3. The van der Waals surface area contributed by atoms with Gasteiger partial charge < -0.3 is 24.9 Å². The third-order valence-corrected chi connectivity index (χ3v) is 13.2. The van der Waals surface area contributed by atoms with E-state index in [1.165, 1.54) is 46.8 Å². The number of carboxylic acid groups (broad SMARTS) is 1. The van der Waals surface area contributed by atoms with Crippen LogP contribution in [0.25, 0.3) is 55.5 Å². The molecule has 0 aliphatic heterocycles. The summed E-state index contributed by atoms with van der Waals surface area (Å²) in [5, 5.41) is 12.2. The first kappa shape index (κ1) is 45.4. The number of rotatable bonds is 13. The van der Waals surface area contributed by atoms with Gasteiger partial charge >= 0.3 is 5.97 Å². The van der Waals surface area contributed by atoms with Crippen molar-refractivity contribution >= 4 is 79.3 Å². The molecule has 0 aliphatic rings. The van der Waals surface area contributed by atoms with E-state index in [2.05, 4.69) is 76.9 Å². The number of aromatic carboxylic acids is 1. The molecule has 10 rings (SSSR count). The molecule has 0 saturated heterocycles. The first-order chi connectivity index (χ1) is 33.0. The van der Waals surface area contributed by atoms with Crippen LogP contribution in [0.5, 0.6) is 0 Å². The number of benzene rings is 4. The number of imidazole rings is 2. The molecular formula is C48H44N14O4S2. The number of hydrogen-bond acceptors (Lipinski definition) is 15. The number of likely N-dealkylation sites (N-methyl/N-ethyl adjacent to an activating group) is 2. The second kappa shape index (κ2) is 19.6. The third-order valence-electron chi connectivity index (χ3n) is 11.2. The number of carboxylic acids is 1. The minimum absolute atomic E-state index is 0.0218. The zero-order valence-electron chi connectivity index (χ0n) is 37.6. The number of nitrogens with one attached hydrogen (secondary N) is 2. The highest BCUT2D eigenvalue weighted by atomic mass is 32.2. The van der Waals surface area contributed by atoms with Gasteiger partial charge in [0.2, 0.25) is 0 Å². The Labute approximate surface area is 396 Å². The molecule has 20 heteroatoms. The number of nitrogens with zero attached hydrogens (tertiary/aromatic N) is 12. The van der Waals surface area contributed by atoms with Gasteiger partial charge in [0.05, 0.1) is 68.6 Å². The Kier molecular flexibility index (Phi) is 13.1. The second-order valence-corrected chi connectivity index (χ2v) is 17.9. The molecule has 3 N–H and O–H groups in total. The van der Waals surface area contributed by atoms with Crippen LogP contribution in [0.4, 0.5) is 5.69 Å². The van der Waals surface area contributed by atoms with Gasteiger partial charge in [0.1, 0.15) is 45.4 Å². The van der Waals surface area contributed by atoms with Crippen LogP contribution in [-0.2, 0) is 11.5 Å². The molecule has 0 fully saturated rings. The monoisotopic (exact) mass is 944 g/mol. The van der Waals surface area contributed by atoms with Crippen molar-refractivity contribution in [2.24, 2.45) is 0 Å². The average molecular weight is 945 g/mol. The Hall–Kier alpha value is -7.81. The van der Waals surface area contributed by atoms with Crippen molar-refractivity contribution < 1.29 is 9.90 Å². The smallest absolute Gasteiger partial charge is 0.337 e. The second-order valence-electron chi connectivity index (χ2n) is 15.9. The standard InChI is InChI=1S/C26H28N8OS.C22H16N6O3S/c1-17-8-7-9-18-22(17)26(35)34(20-11-6-5-10-19(20)33(4)13-12-32(2)3)21(31-18)14-36-25-23-24(28-15-27-23)29-16-30-25;1-12-5-4-7-14-17(12)21(29)28(15-8-3-2-6-13(15)22(30)31)16(27-14)9-32-20-18-19(24-10-23-18)25-11-26-20/h5-11,15-16H,12-14H2,1-4H3,(H,27,28,29,30);2-8,10-11H,9H2,1H3,(H,30,31)(H,23,24,25,26). The van der Waals surface area contributed by atoms with Crippen molar-refractivity contribution in [3.05, 3.63) is 159 Å². The lowest BCUT2D eigenvalue weighted by molar-refractivity contribution is 0.0697. The topological polar surface area (TPSA) is 222 Å². The van der Waals surface area contributed by atoms with E-state index in [-0.39, 0.29) is 28.1 Å². The highest BCUT2D eigenvalue weighted by Gasteiger charge is 2.22. The van der Waals surface area contributed by atoms with Crippen molar-refractivity contribution in [3.63, 3.8) is 0 Å². The first-order valence-corrected chi connectivity index (χ1v) is 23.3. The van der Waals surface area contributed by atoms with E-state index in [1.807, 2.05) is 62.4 Å². The lowest BCUT2D eigenvalue weighted by atomic mass is 10.1. The fourth-order valence-electron chi connectivity index (χ4n) is 7.84. The molecule has 68 heavy (non-hydrogen) atoms.